The molecule has 1 rings (SSSR count). The van der Waals surface area contributed by atoms with E-state index in [4.69, 9.17) is 17.3 Å². The first kappa shape index (κ1) is 10.9. The van der Waals surface area contributed by atoms with E-state index in [1.807, 2.05) is 6.92 Å². The Morgan fingerprint density at radius 3 is 2.86 bits per heavy atom. The Balaban J connectivity index is 2.82. The second-order valence-electron chi connectivity index (χ2n) is 3.10. The van der Waals surface area contributed by atoms with Gasteiger partial charge < -0.3 is 11.1 Å². The van der Waals surface area contributed by atoms with Gasteiger partial charge in [-0.1, -0.05) is 11.6 Å². The summed E-state index contributed by atoms with van der Waals surface area (Å²) in [6.07, 6.45) is 1.51. The number of hydrogen-bond donors (Lipinski definition) is 2. The number of aromatic nitrogens is 1. The average molecular weight is 214 g/mol. The Kier molecular flexibility index (Phi) is 3.43. The summed E-state index contributed by atoms with van der Waals surface area (Å²) in [6, 6.07) is 1.14. The Morgan fingerprint density at radius 1 is 1.71 bits per heavy atom. The molecule has 14 heavy (non-hydrogen) atoms. The molecule has 0 radical (unpaired) electrons. The summed E-state index contributed by atoms with van der Waals surface area (Å²) < 4.78 is 0. The van der Waals surface area contributed by atoms with Crippen molar-refractivity contribution in [3.05, 3.63) is 23.0 Å². The lowest BCUT2D eigenvalue weighted by Gasteiger charge is -2.09. The van der Waals surface area contributed by atoms with E-state index in [1.54, 1.807) is 13.0 Å². The molecular weight excluding hydrogens is 202 g/mol. The number of nitrogens with zero attached hydrogens (tertiary/aromatic N) is 1. The normalized spacial score (nSPS) is 12.3. The number of carbonyl (C=O) groups excluding carboxylic acids is 1. The zero-order valence-corrected chi connectivity index (χ0v) is 8.80. The number of halogens is 1. The van der Waals surface area contributed by atoms with Crippen molar-refractivity contribution < 1.29 is 4.79 Å². The van der Waals surface area contributed by atoms with E-state index in [0.717, 1.165) is 5.56 Å². The van der Waals surface area contributed by atoms with Gasteiger partial charge in [-0.25, -0.2) is 4.98 Å². The number of rotatable bonds is 2. The van der Waals surface area contributed by atoms with Crippen LogP contribution in [0, 0.1) is 6.92 Å². The van der Waals surface area contributed by atoms with Crippen molar-refractivity contribution in [3.8, 4) is 0 Å². The van der Waals surface area contributed by atoms with Crippen LogP contribution in [-0.4, -0.2) is 16.9 Å². The fraction of sp³-hybridized carbons (Fsp3) is 0.333. The predicted octanol–water partition coefficient (Wildman–Crippen LogP) is 1.33. The van der Waals surface area contributed by atoms with Crippen LogP contribution in [0.3, 0.4) is 0 Å². The van der Waals surface area contributed by atoms with Gasteiger partial charge in [-0.2, -0.15) is 0 Å². The van der Waals surface area contributed by atoms with Gasteiger partial charge in [0.05, 0.1) is 17.9 Å². The molecule has 3 N–H and O–H groups in total. The molecule has 76 valence electrons. The van der Waals surface area contributed by atoms with E-state index in [-0.39, 0.29) is 5.91 Å². The van der Waals surface area contributed by atoms with Gasteiger partial charge in [0.25, 0.3) is 0 Å². The quantitative estimate of drug-likeness (QED) is 0.729. The Labute approximate surface area is 87.5 Å². The van der Waals surface area contributed by atoms with Gasteiger partial charge in [-0.3, -0.25) is 4.79 Å². The number of aryl methyl sites for hydroxylation is 1. The summed E-state index contributed by atoms with van der Waals surface area (Å²) in [5, 5.41) is 3.06. The molecule has 0 aliphatic heterocycles. The second kappa shape index (κ2) is 4.39. The zero-order chi connectivity index (χ0) is 10.7. The molecule has 0 unspecified atom stereocenters. The highest BCUT2D eigenvalue weighted by Gasteiger charge is 2.09. The van der Waals surface area contributed by atoms with Crippen LogP contribution in [0.4, 0.5) is 5.69 Å². The van der Waals surface area contributed by atoms with Crippen molar-refractivity contribution in [2.75, 3.05) is 5.32 Å². The van der Waals surface area contributed by atoms with E-state index in [2.05, 4.69) is 10.3 Å². The van der Waals surface area contributed by atoms with Crippen LogP contribution in [-0.2, 0) is 4.79 Å². The van der Waals surface area contributed by atoms with Gasteiger partial charge >= 0.3 is 0 Å². The summed E-state index contributed by atoms with van der Waals surface area (Å²) in [5.74, 6) is -0.239. The highest BCUT2D eigenvalue weighted by molar-refractivity contribution is 6.29. The van der Waals surface area contributed by atoms with Gasteiger partial charge in [-0.15, -0.1) is 0 Å². The highest BCUT2D eigenvalue weighted by Crippen LogP contribution is 2.16. The van der Waals surface area contributed by atoms with Gasteiger partial charge in [0, 0.05) is 0 Å². The SMILES string of the molecule is Cc1cc(Cl)ncc1NC(=O)[C@H](C)N. The van der Waals surface area contributed by atoms with Crippen molar-refractivity contribution in [3.63, 3.8) is 0 Å². The first-order valence-electron chi connectivity index (χ1n) is 4.19. The number of pyridine rings is 1. The Morgan fingerprint density at radius 2 is 2.36 bits per heavy atom. The molecule has 0 fully saturated rings. The fourth-order valence-electron chi connectivity index (χ4n) is 0.899. The van der Waals surface area contributed by atoms with Gasteiger partial charge in [0.1, 0.15) is 5.15 Å². The maximum absolute atomic E-state index is 11.3. The molecule has 1 heterocycles. The third kappa shape index (κ3) is 2.68. The number of nitrogens with two attached hydrogens (primary N) is 1. The van der Waals surface area contributed by atoms with Crippen LogP contribution in [0.2, 0.25) is 5.15 Å². The minimum Gasteiger partial charge on any atom is -0.323 e. The molecule has 0 saturated carbocycles. The van der Waals surface area contributed by atoms with Crippen molar-refractivity contribution in [1.82, 2.24) is 4.98 Å². The number of amides is 1. The lowest BCUT2D eigenvalue weighted by Crippen LogP contribution is -2.32. The minimum absolute atomic E-state index is 0.239. The predicted molar refractivity (Wildman–Crippen MR) is 56.3 cm³/mol. The van der Waals surface area contributed by atoms with Gasteiger partial charge in [0.15, 0.2) is 0 Å². The fourth-order valence-corrected chi connectivity index (χ4v) is 1.11. The molecule has 5 heteroatoms. The topological polar surface area (TPSA) is 68.0 Å². The largest absolute Gasteiger partial charge is 0.323 e. The Bertz CT molecular complexity index is 352. The molecule has 0 bridgehead atoms. The smallest absolute Gasteiger partial charge is 0.241 e. The zero-order valence-electron chi connectivity index (χ0n) is 8.04. The Hall–Kier alpha value is -1.13. The first-order chi connectivity index (χ1) is 6.50. The van der Waals surface area contributed by atoms with Crippen LogP contribution in [0.5, 0.6) is 0 Å². The van der Waals surface area contributed by atoms with Crippen LogP contribution in [0.1, 0.15) is 12.5 Å². The third-order valence-electron chi connectivity index (χ3n) is 1.75. The average Bonchev–Trinajstić information content (AvgIpc) is 2.09. The molecule has 1 aromatic rings. The van der Waals surface area contributed by atoms with Crippen molar-refractivity contribution in [2.45, 2.75) is 19.9 Å². The molecule has 0 saturated heterocycles. The van der Waals surface area contributed by atoms with E-state index < -0.39 is 6.04 Å². The van der Waals surface area contributed by atoms with Crippen molar-refractivity contribution in [1.29, 1.82) is 0 Å². The van der Waals surface area contributed by atoms with Crippen LogP contribution in [0.25, 0.3) is 0 Å². The van der Waals surface area contributed by atoms with E-state index in [9.17, 15) is 4.79 Å². The molecule has 0 spiro atoms. The van der Waals surface area contributed by atoms with Crippen LogP contribution in [0.15, 0.2) is 12.3 Å². The van der Waals surface area contributed by atoms with E-state index in [1.165, 1.54) is 6.20 Å². The first-order valence-corrected chi connectivity index (χ1v) is 4.57. The summed E-state index contributed by atoms with van der Waals surface area (Å²) in [7, 11) is 0. The molecule has 1 aromatic heterocycles. The van der Waals surface area contributed by atoms with E-state index in [0.29, 0.717) is 10.8 Å². The van der Waals surface area contributed by atoms with Gasteiger partial charge in [0.2, 0.25) is 5.91 Å². The maximum atomic E-state index is 11.3. The van der Waals surface area contributed by atoms with Crippen LogP contribution < -0.4 is 11.1 Å². The van der Waals surface area contributed by atoms with E-state index >= 15 is 0 Å². The number of carbonyl (C=O) groups is 1. The second-order valence-corrected chi connectivity index (χ2v) is 3.49. The monoisotopic (exact) mass is 213 g/mol. The lowest BCUT2D eigenvalue weighted by atomic mass is 10.2. The maximum Gasteiger partial charge on any atom is 0.241 e. The molecule has 4 nitrogen and oxygen atoms in total. The molecule has 0 aliphatic rings. The van der Waals surface area contributed by atoms with Gasteiger partial charge in [-0.05, 0) is 25.5 Å². The summed E-state index contributed by atoms with van der Waals surface area (Å²) in [5.41, 5.74) is 6.90. The molecule has 0 aromatic carbocycles. The molecule has 1 atom stereocenters. The highest BCUT2D eigenvalue weighted by atomic mass is 35.5. The molecule has 1 amide bonds. The van der Waals surface area contributed by atoms with Crippen LogP contribution >= 0.6 is 11.6 Å². The minimum atomic E-state index is -0.537. The number of anilines is 1. The number of nitrogens with one attached hydrogen (secondary N) is 1. The standard InChI is InChI=1S/C9H12ClN3O/c1-5-3-8(10)12-4-7(5)13-9(14)6(2)11/h3-4,6H,11H2,1-2H3,(H,13,14)/t6-/m0/s1. The number of hydrogen-bond acceptors (Lipinski definition) is 3. The van der Waals surface area contributed by atoms with Crippen molar-refractivity contribution in [2.24, 2.45) is 5.73 Å². The molecular formula is C9H12ClN3O. The molecule has 0 aliphatic carbocycles. The summed E-state index contributed by atoms with van der Waals surface area (Å²) >= 11 is 5.67. The lowest BCUT2D eigenvalue weighted by molar-refractivity contribution is -0.117. The summed E-state index contributed by atoms with van der Waals surface area (Å²) in [4.78, 5) is 15.1. The summed E-state index contributed by atoms with van der Waals surface area (Å²) in [6.45, 7) is 3.46. The van der Waals surface area contributed by atoms with Crippen molar-refractivity contribution >= 4 is 23.2 Å². The third-order valence-corrected chi connectivity index (χ3v) is 1.96.